The van der Waals surface area contributed by atoms with Crippen molar-refractivity contribution in [1.82, 2.24) is 4.57 Å². The highest BCUT2D eigenvalue weighted by Gasteiger charge is 2.20. The molecule has 1 aliphatic heterocycles. The fraction of sp³-hybridized carbons (Fsp3) is 0.308. The van der Waals surface area contributed by atoms with Crippen LogP contribution in [0, 0.1) is 0 Å². The monoisotopic (exact) mass is 215 g/mol. The number of rotatable bonds is 2. The van der Waals surface area contributed by atoms with Crippen LogP contribution in [0.2, 0.25) is 0 Å². The normalized spacial score (nSPS) is 14.1. The van der Waals surface area contributed by atoms with E-state index in [9.17, 15) is 4.79 Å². The van der Waals surface area contributed by atoms with Gasteiger partial charge < -0.3 is 9.30 Å². The second-order valence-corrected chi connectivity index (χ2v) is 4.12. The van der Waals surface area contributed by atoms with Crippen molar-refractivity contribution in [3.63, 3.8) is 0 Å². The van der Waals surface area contributed by atoms with Crippen molar-refractivity contribution >= 4 is 17.2 Å². The third-order valence-electron chi connectivity index (χ3n) is 3.33. The Balaban J connectivity index is 2.37. The molecule has 0 amide bonds. The summed E-state index contributed by atoms with van der Waals surface area (Å²) in [6.45, 7) is 1.02. The van der Waals surface area contributed by atoms with Gasteiger partial charge in [-0.05, 0) is 31.0 Å². The van der Waals surface area contributed by atoms with Gasteiger partial charge >= 0.3 is 0 Å². The molecule has 3 nitrogen and oxygen atoms in total. The molecule has 0 radical (unpaired) electrons. The molecule has 0 atom stereocenters. The number of aryl methyl sites for hydroxylation is 1. The SMILES string of the molecule is COc1ccc2c(c1)c(C=O)c1n2CCC1. The first-order chi connectivity index (χ1) is 7.85. The molecule has 0 saturated heterocycles. The van der Waals surface area contributed by atoms with E-state index in [0.29, 0.717) is 0 Å². The Kier molecular flexibility index (Phi) is 1.99. The van der Waals surface area contributed by atoms with Crippen LogP contribution in [-0.4, -0.2) is 18.0 Å². The van der Waals surface area contributed by atoms with Crippen molar-refractivity contribution < 1.29 is 9.53 Å². The highest BCUT2D eigenvalue weighted by atomic mass is 16.5. The molecule has 0 N–H and O–H groups in total. The van der Waals surface area contributed by atoms with Gasteiger partial charge in [0.25, 0.3) is 0 Å². The molecule has 2 heterocycles. The van der Waals surface area contributed by atoms with Gasteiger partial charge in [0, 0.05) is 28.7 Å². The van der Waals surface area contributed by atoms with Crippen LogP contribution in [0.4, 0.5) is 0 Å². The first-order valence-corrected chi connectivity index (χ1v) is 5.49. The van der Waals surface area contributed by atoms with Crippen molar-refractivity contribution in [3.05, 3.63) is 29.5 Å². The summed E-state index contributed by atoms with van der Waals surface area (Å²) in [5, 5.41) is 1.02. The molecule has 0 unspecified atom stereocenters. The zero-order chi connectivity index (χ0) is 11.1. The molecule has 16 heavy (non-hydrogen) atoms. The van der Waals surface area contributed by atoms with Gasteiger partial charge in [-0.2, -0.15) is 0 Å². The number of aromatic nitrogens is 1. The van der Waals surface area contributed by atoms with Gasteiger partial charge in [-0.3, -0.25) is 4.79 Å². The van der Waals surface area contributed by atoms with Crippen LogP contribution in [0.1, 0.15) is 22.5 Å². The second-order valence-electron chi connectivity index (χ2n) is 4.12. The maximum atomic E-state index is 11.2. The minimum Gasteiger partial charge on any atom is -0.497 e. The van der Waals surface area contributed by atoms with Crippen molar-refractivity contribution in [3.8, 4) is 5.75 Å². The molecule has 2 aromatic rings. The fourth-order valence-electron chi connectivity index (χ4n) is 2.60. The third kappa shape index (κ3) is 1.11. The molecular weight excluding hydrogens is 202 g/mol. The van der Waals surface area contributed by atoms with Gasteiger partial charge in [-0.1, -0.05) is 0 Å². The summed E-state index contributed by atoms with van der Waals surface area (Å²) in [6.07, 6.45) is 3.11. The Hall–Kier alpha value is -1.77. The van der Waals surface area contributed by atoms with Gasteiger partial charge in [0.2, 0.25) is 0 Å². The molecular formula is C13H13NO2. The summed E-state index contributed by atoms with van der Waals surface area (Å²) < 4.78 is 7.45. The predicted molar refractivity (Wildman–Crippen MR) is 62.2 cm³/mol. The molecule has 0 bridgehead atoms. The van der Waals surface area contributed by atoms with Crippen LogP contribution >= 0.6 is 0 Å². The molecule has 0 aliphatic carbocycles. The van der Waals surface area contributed by atoms with Crippen LogP contribution in [0.3, 0.4) is 0 Å². The molecule has 3 heteroatoms. The highest BCUT2D eigenvalue weighted by Crippen LogP contribution is 2.32. The first kappa shape index (κ1) is 9.46. The van der Waals surface area contributed by atoms with E-state index in [4.69, 9.17) is 4.74 Å². The molecule has 1 aliphatic rings. The third-order valence-corrected chi connectivity index (χ3v) is 3.33. The van der Waals surface area contributed by atoms with Crippen molar-refractivity contribution in [2.45, 2.75) is 19.4 Å². The van der Waals surface area contributed by atoms with E-state index in [1.807, 2.05) is 18.2 Å². The number of hydrogen-bond donors (Lipinski definition) is 0. The summed E-state index contributed by atoms with van der Waals surface area (Å²) in [6, 6.07) is 5.93. The molecule has 82 valence electrons. The standard InChI is InChI=1S/C13H13NO2/c1-16-9-4-5-13-10(7-9)11(8-15)12-3-2-6-14(12)13/h4-5,7-8H,2-3,6H2,1H3. The molecule has 1 aromatic carbocycles. The number of ether oxygens (including phenoxy) is 1. The zero-order valence-corrected chi connectivity index (χ0v) is 9.19. The van der Waals surface area contributed by atoms with Crippen molar-refractivity contribution in [1.29, 1.82) is 0 Å². The topological polar surface area (TPSA) is 31.2 Å². The number of aldehydes is 1. The Morgan fingerprint density at radius 1 is 1.44 bits per heavy atom. The van der Waals surface area contributed by atoms with Gasteiger partial charge in [0.15, 0.2) is 6.29 Å². The van der Waals surface area contributed by atoms with E-state index in [-0.39, 0.29) is 0 Å². The molecule has 0 spiro atoms. The van der Waals surface area contributed by atoms with Gasteiger partial charge in [-0.15, -0.1) is 0 Å². The Labute approximate surface area is 93.6 Å². The van der Waals surface area contributed by atoms with Crippen LogP contribution in [0.15, 0.2) is 18.2 Å². The maximum absolute atomic E-state index is 11.2. The number of fused-ring (bicyclic) bond motifs is 3. The smallest absolute Gasteiger partial charge is 0.152 e. The van der Waals surface area contributed by atoms with E-state index in [1.165, 1.54) is 5.69 Å². The molecule has 3 rings (SSSR count). The second kappa shape index (κ2) is 3.37. The average molecular weight is 215 g/mol. The minimum atomic E-state index is 0.805. The van der Waals surface area contributed by atoms with Crippen LogP contribution in [-0.2, 0) is 13.0 Å². The summed E-state index contributed by atoms with van der Waals surface area (Å²) in [7, 11) is 1.64. The van der Waals surface area contributed by atoms with Crippen LogP contribution < -0.4 is 4.74 Å². The van der Waals surface area contributed by atoms with E-state index in [2.05, 4.69) is 4.57 Å². The lowest BCUT2D eigenvalue weighted by atomic mass is 10.1. The van der Waals surface area contributed by atoms with E-state index >= 15 is 0 Å². The number of carbonyl (C=O) groups is 1. The first-order valence-electron chi connectivity index (χ1n) is 5.49. The number of nitrogens with zero attached hydrogens (tertiary/aromatic N) is 1. The lowest BCUT2D eigenvalue weighted by Crippen LogP contribution is -1.91. The quantitative estimate of drug-likeness (QED) is 0.720. The molecule has 0 fully saturated rings. The zero-order valence-electron chi connectivity index (χ0n) is 9.19. The molecule has 1 aromatic heterocycles. The summed E-state index contributed by atoms with van der Waals surface area (Å²) >= 11 is 0. The Morgan fingerprint density at radius 2 is 2.31 bits per heavy atom. The van der Waals surface area contributed by atoms with E-state index in [0.717, 1.165) is 47.9 Å². The number of carbonyl (C=O) groups excluding carboxylic acids is 1. The van der Waals surface area contributed by atoms with Gasteiger partial charge in [0.1, 0.15) is 5.75 Å². The number of hydrogen-bond acceptors (Lipinski definition) is 2. The van der Waals surface area contributed by atoms with Crippen LogP contribution in [0.25, 0.3) is 10.9 Å². The number of benzene rings is 1. The van der Waals surface area contributed by atoms with Gasteiger partial charge in [-0.25, -0.2) is 0 Å². The summed E-state index contributed by atoms with van der Waals surface area (Å²) in [5.74, 6) is 0.805. The summed E-state index contributed by atoms with van der Waals surface area (Å²) in [5.41, 5.74) is 3.17. The predicted octanol–water partition coefficient (Wildman–Crippen LogP) is 2.41. The van der Waals surface area contributed by atoms with E-state index in [1.54, 1.807) is 7.11 Å². The lowest BCUT2D eigenvalue weighted by molar-refractivity contribution is 0.112. The summed E-state index contributed by atoms with van der Waals surface area (Å²) in [4.78, 5) is 11.2. The Bertz CT molecular complexity index is 569. The number of methoxy groups -OCH3 is 1. The van der Waals surface area contributed by atoms with Crippen LogP contribution in [0.5, 0.6) is 5.75 Å². The fourth-order valence-corrected chi connectivity index (χ4v) is 2.60. The highest BCUT2D eigenvalue weighted by molar-refractivity contribution is 6.00. The maximum Gasteiger partial charge on any atom is 0.152 e. The van der Waals surface area contributed by atoms with Gasteiger partial charge in [0.05, 0.1) is 7.11 Å². The van der Waals surface area contributed by atoms with Crippen molar-refractivity contribution in [2.75, 3.05) is 7.11 Å². The van der Waals surface area contributed by atoms with E-state index < -0.39 is 0 Å². The van der Waals surface area contributed by atoms with Crippen molar-refractivity contribution in [2.24, 2.45) is 0 Å². The molecule has 0 saturated carbocycles. The average Bonchev–Trinajstić information content (AvgIpc) is 2.87. The lowest BCUT2D eigenvalue weighted by Gasteiger charge is -2.02. The Morgan fingerprint density at radius 3 is 3.06 bits per heavy atom. The minimum absolute atomic E-state index is 0.805. The largest absolute Gasteiger partial charge is 0.497 e.